The first kappa shape index (κ1) is 22.8. The number of amides is 2. The number of carboxylic acid groups (broad SMARTS) is 2. The number of nitrogens with zero attached hydrogens (tertiary/aromatic N) is 1. The Morgan fingerprint density at radius 2 is 1.39 bits per heavy atom. The Labute approximate surface area is 174 Å². The first-order valence-electron chi connectivity index (χ1n) is 8.74. The molecule has 5 N–H and O–H groups in total. The van der Waals surface area contributed by atoms with Crippen LogP contribution in [0.15, 0.2) is 36.4 Å². The number of carbonyl (C=O) groups is 4. The summed E-state index contributed by atoms with van der Waals surface area (Å²) in [7, 11) is 0. The molecule has 0 bridgehead atoms. The summed E-state index contributed by atoms with van der Waals surface area (Å²) in [6.07, 6.45) is -0.875. The molecule has 12 nitrogen and oxygen atoms in total. The highest BCUT2D eigenvalue weighted by atomic mass is 16.6. The van der Waals surface area contributed by atoms with Crippen LogP contribution in [0.2, 0.25) is 0 Å². The SMILES string of the molecule is CCC(NC(=O)c1ccc(O)cc1C(=O)O)NC(=O)c1ccc([N+](=O)[O-])cc1C(=O)O. The van der Waals surface area contributed by atoms with E-state index in [1.165, 1.54) is 0 Å². The van der Waals surface area contributed by atoms with Crippen molar-refractivity contribution in [1.29, 1.82) is 0 Å². The fourth-order valence-electron chi connectivity index (χ4n) is 2.64. The molecule has 0 aromatic heterocycles. The van der Waals surface area contributed by atoms with Gasteiger partial charge in [-0.05, 0) is 30.7 Å². The number of rotatable bonds is 8. The minimum atomic E-state index is -1.55. The molecule has 0 radical (unpaired) electrons. The molecule has 2 aromatic rings. The smallest absolute Gasteiger partial charge is 0.336 e. The number of phenols is 1. The molecular weight excluding hydrogens is 414 g/mol. The number of phenolic OH excluding ortho intramolecular Hbond substituents is 1. The zero-order valence-electron chi connectivity index (χ0n) is 16.0. The van der Waals surface area contributed by atoms with E-state index < -0.39 is 51.7 Å². The number of hydrogen-bond donors (Lipinski definition) is 5. The molecule has 0 saturated heterocycles. The Hall–Kier alpha value is -4.48. The number of benzene rings is 2. The van der Waals surface area contributed by atoms with Crippen LogP contribution in [-0.2, 0) is 0 Å². The minimum Gasteiger partial charge on any atom is -0.508 e. The van der Waals surface area contributed by atoms with Crippen LogP contribution in [0.4, 0.5) is 5.69 Å². The van der Waals surface area contributed by atoms with E-state index in [4.69, 9.17) is 0 Å². The van der Waals surface area contributed by atoms with E-state index in [0.717, 1.165) is 36.4 Å². The van der Waals surface area contributed by atoms with Gasteiger partial charge < -0.3 is 26.0 Å². The van der Waals surface area contributed by atoms with Crippen molar-refractivity contribution in [2.45, 2.75) is 19.5 Å². The standard InChI is InChI=1S/C19H17N3O9/c1-2-15(21-17(25)12-6-4-10(23)8-14(12)19(28)29)20-16(24)11-5-3-9(22(30)31)7-13(11)18(26)27/h3-8,15,23H,2H2,1H3,(H,20,24)(H,21,25)(H,26,27)(H,28,29). The van der Waals surface area contributed by atoms with E-state index in [2.05, 4.69) is 10.6 Å². The molecule has 31 heavy (non-hydrogen) atoms. The number of nitro groups is 1. The highest BCUT2D eigenvalue weighted by molar-refractivity contribution is 6.07. The maximum absolute atomic E-state index is 12.5. The van der Waals surface area contributed by atoms with Crippen LogP contribution in [0.5, 0.6) is 5.75 Å². The third-order valence-corrected chi connectivity index (χ3v) is 4.19. The summed E-state index contributed by atoms with van der Waals surface area (Å²) >= 11 is 0. The van der Waals surface area contributed by atoms with Crippen molar-refractivity contribution in [3.05, 3.63) is 68.8 Å². The van der Waals surface area contributed by atoms with E-state index in [1.54, 1.807) is 6.92 Å². The maximum Gasteiger partial charge on any atom is 0.336 e. The van der Waals surface area contributed by atoms with E-state index in [9.17, 15) is 44.6 Å². The molecule has 1 atom stereocenters. The van der Waals surface area contributed by atoms with Gasteiger partial charge in [0.1, 0.15) is 11.9 Å². The second-order valence-corrected chi connectivity index (χ2v) is 6.23. The van der Waals surface area contributed by atoms with Gasteiger partial charge >= 0.3 is 11.9 Å². The average molecular weight is 431 g/mol. The van der Waals surface area contributed by atoms with Gasteiger partial charge in [-0.2, -0.15) is 0 Å². The molecule has 162 valence electrons. The first-order chi connectivity index (χ1) is 14.5. The molecule has 0 fully saturated rings. The van der Waals surface area contributed by atoms with Gasteiger partial charge in [0.25, 0.3) is 17.5 Å². The lowest BCUT2D eigenvalue weighted by Crippen LogP contribution is -2.48. The Morgan fingerprint density at radius 3 is 1.84 bits per heavy atom. The summed E-state index contributed by atoms with van der Waals surface area (Å²) in [4.78, 5) is 57.8. The van der Waals surface area contributed by atoms with Crippen molar-refractivity contribution >= 4 is 29.4 Å². The third-order valence-electron chi connectivity index (χ3n) is 4.19. The zero-order valence-corrected chi connectivity index (χ0v) is 16.0. The molecule has 2 aromatic carbocycles. The van der Waals surface area contributed by atoms with Crippen LogP contribution in [0.25, 0.3) is 0 Å². The molecule has 12 heteroatoms. The number of nitro benzene ring substituents is 1. The van der Waals surface area contributed by atoms with E-state index in [0.29, 0.717) is 0 Å². The van der Waals surface area contributed by atoms with Crippen molar-refractivity contribution < 1.29 is 39.4 Å². The summed E-state index contributed by atoms with van der Waals surface area (Å²) in [6, 6.07) is 5.81. The van der Waals surface area contributed by atoms with Crippen LogP contribution >= 0.6 is 0 Å². The Balaban J connectivity index is 2.25. The van der Waals surface area contributed by atoms with Gasteiger partial charge in [-0.15, -0.1) is 0 Å². The molecule has 2 amide bonds. The van der Waals surface area contributed by atoms with Crippen LogP contribution in [-0.4, -0.2) is 50.2 Å². The largest absolute Gasteiger partial charge is 0.508 e. The van der Waals surface area contributed by atoms with Gasteiger partial charge in [0, 0.05) is 12.1 Å². The van der Waals surface area contributed by atoms with E-state index in [1.807, 2.05) is 0 Å². The summed E-state index contributed by atoms with van der Waals surface area (Å²) in [6.45, 7) is 1.59. The Bertz CT molecular complexity index is 1080. The lowest BCUT2D eigenvalue weighted by molar-refractivity contribution is -0.384. The lowest BCUT2D eigenvalue weighted by atomic mass is 10.1. The normalized spacial score (nSPS) is 11.3. The number of hydrogen-bond acceptors (Lipinski definition) is 7. The van der Waals surface area contributed by atoms with Crippen LogP contribution in [0.3, 0.4) is 0 Å². The molecule has 0 aliphatic heterocycles. The number of non-ortho nitro benzene ring substituents is 1. The monoisotopic (exact) mass is 431 g/mol. The van der Waals surface area contributed by atoms with Crippen molar-refractivity contribution in [2.75, 3.05) is 0 Å². The van der Waals surface area contributed by atoms with Gasteiger partial charge in [-0.1, -0.05) is 6.92 Å². The molecule has 0 aliphatic rings. The summed E-state index contributed by atoms with van der Waals surface area (Å²) in [5.74, 6) is -5.12. The fraction of sp³-hybridized carbons (Fsp3) is 0.158. The van der Waals surface area contributed by atoms with Crippen molar-refractivity contribution in [3.63, 3.8) is 0 Å². The second kappa shape index (κ2) is 9.35. The molecule has 0 saturated carbocycles. The number of carbonyl (C=O) groups excluding carboxylic acids is 2. The predicted molar refractivity (Wildman–Crippen MR) is 104 cm³/mol. The molecule has 1 unspecified atom stereocenters. The van der Waals surface area contributed by atoms with Crippen molar-refractivity contribution in [2.24, 2.45) is 0 Å². The summed E-state index contributed by atoms with van der Waals surface area (Å²) in [5, 5.41) is 43.5. The third kappa shape index (κ3) is 5.32. The molecule has 0 heterocycles. The van der Waals surface area contributed by atoms with Crippen molar-refractivity contribution in [3.8, 4) is 5.75 Å². The second-order valence-electron chi connectivity index (χ2n) is 6.23. The van der Waals surface area contributed by atoms with Gasteiger partial charge in [-0.25, -0.2) is 9.59 Å². The molecule has 2 rings (SSSR count). The van der Waals surface area contributed by atoms with Crippen LogP contribution < -0.4 is 10.6 Å². The molecular formula is C19H17N3O9. The Kier molecular flexibility index (Phi) is 6.87. The van der Waals surface area contributed by atoms with Gasteiger partial charge in [-0.3, -0.25) is 19.7 Å². The zero-order chi connectivity index (χ0) is 23.3. The topological polar surface area (TPSA) is 196 Å². The average Bonchev–Trinajstić information content (AvgIpc) is 2.72. The number of aromatic hydroxyl groups is 1. The number of carboxylic acids is 2. The van der Waals surface area contributed by atoms with Crippen LogP contribution in [0, 0.1) is 10.1 Å². The molecule has 0 spiro atoms. The lowest BCUT2D eigenvalue weighted by Gasteiger charge is -2.20. The maximum atomic E-state index is 12.5. The summed E-state index contributed by atoms with van der Waals surface area (Å²) < 4.78 is 0. The van der Waals surface area contributed by atoms with Crippen LogP contribution in [0.1, 0.15) is 54.8 Å². The summed E-state index contributed by atoms with van der Waals surface area (Å²) in [5.41, 5.74) is -2.19. The fourth-order valence-corrected chi connectivity index (χ4v) is 2.64. The van der Waals surface area contributed by atoms with E-state index >= 15 is 0 Å². The number of aromatic carboxylic acids is 2. The number of nitrogens with one attached hydrogen (secondary N) is 2. The van der Waals surface area contributed by atoms with Gasteiger partial charge in [0.05, 0.1) is 27.2 Å². The highest BCUT2D eigenvalue weighted by Crippen LogP contribution is 2.19. The minimum absolute atomic E-state index is 0.146. The Morgan fingerprint density at radius 1 is 0.903 bits per heavy atom. The van der Waals surface area contributed by atoms with Crippen molar-refractivity contribution in [1.82, 2.24) is 10.6 Å². The molecule has 0 aliphatic carbocycles. The first-order valence-corrected chi connectivity index (χ1v) is 8.74. The van der Waals surface area contributed by atoms with E-state index in [-0.39, 0.29) is 23.3 Å². The van der Waals surface area contributed by atoms with Gasteiger partial charge in [0.15, 0.2) is 0 Å². The predicted octanol–water partition coefficient (Wildman–Crippen LogP) is 1.59. The van der Waals surface area contributed by atoms with Gasteiger partial charge in [0.2, 0.25) is 0 Å². The highest BCUT2D eigenvalue weighted by Gasteiger charge is 2.24. The quantitative estimate of drug-likeness (QED) is 0.234.